The zero-order chi connectivity index (χ0) is 17.8. The number of rotatable bonds is 6. The lowest BCUT2D eigenvalue weighted by atomic mass is 10.2. The van der Waals surface area contributed by atoms with Crippen LogP contribution in [-0.4, -0.2) is 39.2 Å². The van der Waals surface area contributed by atoms with E-state index in [0.29, 0.717) is 35.6 Å². The first-order valence-electron chi connectivity index (χ1n) is 7.95. The third-order valence-corrected chi connectivity index (χ3v) is 3.84. The van der Waals surface area contributed by atoms with E-state index in [1.54, 1.807) is 18.3 Å². The van der Waals surface area contributed by atoms with Crippen LogP contribution in [0.2, 0.25) is 0 Å². The summed E-state index contributed by atoms with van der Waals surface area (Å²) in [4.78, 5) is 33.0. The van der Waals surface area contributed by atoms with Crippen LogP contribution in [0.1, 0.15) is 12.7 Å². The van der Waals surface area contributed by atoms with Crippen molar-refractivity contribution in [2.45, 2.75) is 19.9 Å². The Morgan fingerprint density at radius 3 is 2.80 bits per heavy atom. The fraction of sp³-hybridized carbons (Fsp3) is 0.312. The molecule has 9 heteroatoms. The molecule has 3 rings (SSSR count). The van der Waals surface area contributed by atoms with E-state index in [1.807, 2.05) is 17.7 Å². The van der Waals surface area contributed by atoms with Crippen molar-refractivity contribution in [2.75, 3.05) is 19.0 Å². The molecule has 25 heavy (non-hydrogen) atoms. The molecule has 0 spiro atoms. The monoisotopic (exact) mass is 344 g/mol. The maximum absolute atomic E-state index is 12.1. The van der Waals surface area contributed by atoms with E-state index in [1.165, 1.54) is 7.11 Å². The van der Waals surface area contributed by atoms with E-state index in [2.05, 4.69) is 25.6 Å². The molecule has 9 nitrogen and oxygen atoms in total. The molecule has 2 aromatic heterocycles. The van der Waals surface area contributed by atoms with Gasteiger partial charge in [0.1, 0.15) is 11.6 Å². The Balaban J connectivity index is 1.64. The van der Waals surface area contributed by atoms with Gasteiger partial charge >= 0.3 is 11.7 Å². The maximum Gasteiger partial charge on any atom is 0.323 e. The fourth-order valence-corrected chi connectivity index (χ4v) is 2.64. The summed E-state index contributed by atoms with van der Waals surface area (Å²) in [5.74, 6) is 1.44. The topological polar surface area (TPSA) is 117 Å². The summed E-state index contributed by atoms with van der Waals surface area (Å²) in [6.45, 7) is 3.13. The zero-order valence-electron chi connectivity index (χ0n) is 14.0. The maximum atomic E-state index is 12.1. The minimum absolute atomic E-state index is 0.314. The number of hydrogen-bond acceptors (Lipinski definition) is 4. The van der Waals surface area contributed by atoms with Gasteiger partial charge in [0, 0.05) is 38.0 Å². The van der Waals surface area contributed by atoms with Crippen molar-refractivity contribution in [3.05, 3.63) is 40.8 Å². The number of anilines is 1. The number of carbonyl (C=O) groups is 1. The highest BCUT2D eigenvalue weighted by Gasteiger charge is 2.11. The third-order valence-electron chi connectivity index (χ3n) is 3.84. The number of aromatic amines is 2. The molecule has 0 bridgehead atoms. The SMILES string of the molecule is CCc1nccn1CCNC(=O)Nc1cc2[nH]c(=O)[nH]c2cc1OC. The van der Waals surface area contributed by atoms with Crippen LogP contribution < -0.4 is 21.1 Å². The first-order valence-corrected chi connectivity index (χ1v) is 7.95. The summed E-state index contributed by atoms with van der Waals surface area (Å²) < 4.78 is 7.26. The lowest BCUT2D eigenvalue weighted by Gasteiger charge is -2.12. The van der Waals surface area contributed by atoms with Gasteiger partial charge in [0.2, 0.25) is 0 Å². The molecule has 0 aliphatic rings. The molecule has 0 aliphatic carbocycles. The van der Waals surface area contributed by atoms with Gasteiger partial charge in [0.05, 0.1) is 23.8 Å². The predicted molar refractivity (Wildman–Crippen MR) is 94.1 cm³/mol. The van der Waals surface area contributed by atoms with E-state index in [4.69, 9.17) is 4.74 Å². The third kappa shape index (κ3) is 3.65. The quantitative estimate of drug-likeness (QED) is 0.541. The zero-order valence-corrected chi connectivity index (χ0v) is 14.0. The lowest BCUT2D eigenvalue weighted by molar-refractivity contribution is 0.251. The van der Waals surface area contributed by atoms with E-state index in [0.717, 1.165) is 12.2 Å². The highest BCUT2D eigenvalue weighted by atomic mass is 16.5. The van der Waals surface area contributed by atoms with Gasteiger partial charge in [-0.2, -0.15) is 0 Å². The van der Waals surface area contributed by atoms with E-state index in [-0.39, 0.29) is 11.7 Å². The number of imidazole rings is 2. The Morgan fingerprint density at radius 2 is 2.08 bits per heavy atom. The molecule has 0 unspecified atom stereocenters. The Hall–Kier alpha value is -3.23. The van der Waals surface area contributed by atoms with Gasteiger partial charge in [-0.25, -0.2) is 14.6 Å². The van der Waals surface area contributed by atoms with Crippen LogP contribution in [0.5, 0.6) is 5.75 Å². The highest BCUT2D eigenvalue weighted by Crippen LogP contribution is 2.28. The first-order chi connectivity index (χ1) is 12.1. The molecule has 0 aliphatic heterocycles. The van der Waals surface area contributed by atoms with E-state index in [9.17, 15) is 9.59 Å². The molecule has 1 aromatic carbocycles. The molecule has 0 fully saturated rings. The number of amides is 2. The van der Waals surface area contributed by atoms with Crippen LogP contribution in [0.4, 0.5) is 10.5 Å². The molecule has 0 atom stereocenters. The number of fused-ring (bicyclic) bond motifs is 1. The van der Waals surface area contributed by atoms with Crippen molar-refractivity contribution in [1.29, 1.82) is 0 Å². The van der Waals surface area contributed by atoms with Gasteiger partial charge in [-0.1, -0.05) is 6.92 Å². The molecular formula is C16H20N6O3. The average molecular weight is 344 g/mol. The van der Waals surface area contributed by atoms with E-state index < -0.39 is 0 Å². The number of benzene rings is 1. The molecule has 2 amide bonds. The minimum Gasteiger partial charge on any atom is -0.494 e. The second kappa shape index (κ2) is 7.12. The van der Waals surface area contributed by atoms with Crippen LogP contribution in [-0.2, 0) is 13.0 Å². The van der Waals surface area contributed by atoms with Crippen LogP contribution in [0.15, 0.2) is 29.3 Å². The van der Waals surface area contributed by atoms with Crippen molar-refractivity contribution >= 4 is 22.8 Å². The summed E-state index contributed by atoms with van der Waals surface area (Å²) in [5.41, 5.74) is 1.36. The highest BCUT2D eigenvalue weighted by molar-refractivity contribution is 5.94. The van der Waals surface area contributed by atoms with Crippen molar-refractivity contribution in [3.63, 3.8) is 0 Å². The van der Waals surface area contributed by atoms with E-state index >= 15 is 0 Å². The second-order valence-electron chi connectivity index (χ2n) is 5.45. The molecule has 0 saturated heterocycles. The number of aromatic nitrogens is 4. The Labute approximate surface area is 143 Å². The van der Waals surface area contributed by atoms with Crippen molar-refractivity contribution < 1.29 is 9.53 Å². The van der Waals surface area contributed by atoms with Crippen LogP contribution in [0.3, 0.4) is 0 Å². The Bertz CT molecular complexity index is 939. The molecule has 3 aromatic rings. The van der Waals surface area contributed by atoms with Crippen LogP contribution >= 0.6 is 0 Å². The number of aryl methyl sites for hydroxylation is 1. The Kier molecular flexibility index (Phi) is 4.73. The summed E-state index contributed by atoms with van der Waals surface area (Å²) in [5, 5.41) is 5.53. The minimum atomic E-state index is -0.353. The number of methoxy groups -OCH3 is 1. The van der Waals surface area contributed by atoms with Crippen molar-refractivity contribution in [2.24, 2.45) is 0 Å². The molecule has 0 radical (unpaired) electrons. The normalized spacial score (nSPS) is 10.8. The molecule has 0 saturated carbocycles. The van der Waals surface area contributed by atoms with Gasteiger partial charge in [-0.05, 0) is 6.07 Å². The van der Waals surface area contributed by atoms with Crippen LogP contribution in [0, 0.1) is 0 Å². The number of ether oxygens (including phenoxy) is 1. The molecule has 2 heterocycles. The molecular weight excluding hydrogens is 324 g/mol. The van der Waals surface area contributed by atoms with Gasteiger partial charge in [-0.15, -0.1) is 0 Å². The molecule has 4 N–H and O–H groups in total. The summed E-state index contributed by atoms with van der Waals surface area (Å²) in [6, 6.07) is 2.95. The summed E-state index contributed by atoms with van der Waals surface area (Å²) in [7, 11) is 1.50. The average Bonchev–Trinajstić information content (AvgIpc) is 3.18. The fourth-order valence-electron chi connectivity index (χ4n) is 2.64. The number of urea groups is 1. The van der Waals surface area contributed by atoms with Gasteiger partial charge < -0.3 is 29.9 Å². The summed E-state index contributed by atoms with van der Waals surface area (Å²) >= 11 is 0. The largest absolute Gasteiger partial charge is 0.494 e. The number of hydrogen-bond donors (Lipinski definition) is 4. The first kappa shape index (κ1) is 16.6. The smallest absolute Gasteiger partial charge is 0.323 e. The second-order valence-corrected chi connectivity index (χ2v) is 5.45. The van der Waals surface area contributed by atoms with Gasteiger partial charge in [0.15, 0.2) is 0 Å². The molecule has 132 valence electrons. The van der Waals surface area contributed by atoms with Crippen molar-refractivity contribution in [3.8, 4) is 5.75 Å². The van der Waals surface area contributed by atoms with Gasteiger partial charge in [-0.3, -0.25) is 0 Å². The van der Waals surface area contributed by atoms with Crippen LogP contribution in [0.25, 0.3) is 11.0 Å². The number of nitrogens with zero attached hydrogens (tertiary/aromatic N) is 2. The van der Waals surface area contributed by atoms with Crippen molar-refractivity contribution in [1.82, 2.24) is 24.8 Å². The Morgan fingerprint density at radius 1 is 1.32 bits per heavy atom. The summed E-state index contributed by atoms with van der Waals surface area (Å²) in [6.07, 6.45) is 4.47. The standard InChI is InChI=1S/C16H20N6O3/c1-3-14-17-4-6-22(14)7-5-18-15(23)21-12-8-10-11(9-13(12)25-2)20-16(24)19-10/h4,6,8-9H,3,5,7H2,1-2H3,(H2,18,21,23)(H2,19,20,24). The number of nitrogens with one attached hydrogen (secondary N) is 4. The van der Waals surface area contributed by atoms with Gasteiger partial charge in [0.25, 0.3) is 0 Å². The number of carbonyl (C=O) groups excluding carboxylic acids is 1. The predicted octanol–water partition coefficient (Wildman–Crippen LogP) is 1.45. The number of H-pyrrole nitrogens is 2. The lowest BCUT2D eigenvalue weighted by Crippen LogP contribution is -2.31.